The van der Waals surface area contributed by atoms with Gasteiger partial charge in [-0.25, -0.2) is 4.98 Å². The number of fused-ring (bicyclic) bond motifs is 1. The van der Waals surface area contributed by atoms with Gasteiger partial charge in [-0.1, -0.05) is 13.3 Å². The topological polar surface area (TPSA) is 17.3 Å². The number of nitrogens with zero attached hydrogens (tertiary/aromatic N) is 2. The van der Waals surface area contributed by atoms with Gasteiger partial charge in [-0.3, -0.25) is 0 Å². The molecule has 2 rings (SSSR count). The molecule has 0 spiro atoms. The maximum Gasteiger partial charge on any atom is 0.151 e. The average molecular weight is 253 g/mol. The van der Waals surface area contributed by atoms with E-state index in [-0.39, 0.29) is 0 Å². The molecule has 0 atom stereocenters. The number of halogens is 1. The van der Waals surface area contributed by atoms with Crippen LogP contribution in [0.15, 0.2) is 29.0 Å². The minimum Gasteiger partial charge on any atom is -0.306 e. The van der Waals surface area contributed by atoms with E-state index < -0.39 is 0 Å². The Morgan fingerprint density at radius 3 is 3.07 bits per heavy atom. The maximum absolute atomic E-state index is 4.57. The summed E-state index contributed by atoms with van der Waals surface area (Å²) in [5, 5.41) is 0. The Morgan fingerprint density at radius 1 is 1.50 bits per heavy atom. The molecule has 0 amide bonds. The second kappa shape index (κ2) is 4.13. The van der Waals surface area contributed by atoms with Crippen LogP contribution in [0.2, 0.25) is 0 Å². The van der Waals surface area contributed by atoms with Crippen molar-refractivity contribution in [2.45, 2.75) is 26.2 Å². The van der Waals surface area contributed by atoms with Crippen LogP contribution in [0.4, 0.5) is 0 Å². The molecule has 0 fully saturated rings. The second-order valence-corrected chi connectivity index (χ2v) is 4.28. The lowest BCUT2D eigenvalue weighted by atomic mass is 10.2. The highest BCUT2D eigenvalue weighted by Gasteiger charge is 2.03. The third-order valence-electron chi connectivity index (χ3n) is 2.27. The minimum absolute atomic E-state index is 1.01. The number of pyridine rings is 1. The summed E-state index contributed by atoms with van der Waals surface area (Å²) < 4.78 is 3.12. The summed E-state index contributed by atoms with van der Waals surface area (Å²) in [6.07, 6.45) is 7.64. The van der Waals surface area contributed by atoms with Gasteiger partial charge in [0.1, 0.15) is 0 Å². The molecule has 0 radical (unpaired) electrons. The number of rotatable bonds is 3. The van der Waals surface area contributed by atoms with Crippen LogP contribution < -0.4 is 0 Å². The molecule has 0 aliphatic rings. The predicted molar refractivity (Wildman–Crippen MR) is 61.5 cm³/mol. The van der Waals surface area contributed by atoms with E-state index in [4.69, 9.17) is 0 Å². The fourth-order valence-corrected chi connectivity index (χ4v) is 1.95. The maximum atomic E-state index is 4.57. The zero-order valence-electron chi connectivity index (χ0n) is 8.20. The van der Waals surface area contributed by atoms with Crippen LogP contribution in [-0.2, 0) is 6.42 Å². The highest BCUT2D eigenvalue weighted by atomic mass is 79.9. The Kier molecular flexibility index (Phi) is 2.87. The van der Waals surface area contributed by atoms with Crippen molar-refractivity contribution in [3.63, 3.8) is 0 Å². The van der Waals surface area contributed by atoms with Gasteiger partial charge in [0.15, 0.2) is 5.65 Å². The van der Waals surface area contributed by atoms with Crippen LogP contribution in [0.25, 0.3) is 5.65 Å². The molecule has 0 unspecified atom stereocenters. The minimum atomic E-state index is 1.01. The normalized spacial score (nSPS) is 11.0. The first kappa shape index (κ1) is 9.71. The van der Waals surface area contributed by atoms with Gasteiger partial charge in [-0.2, -0.15) is 0 Å². The molecule has 2 nitrogen and oxygen atoms in total. The van der Waals surface area contributed by atoms with Crippen molar-refractivity contribution >= 4 is 21.6 Å². The number of unbranched alkanes of at least 4 members (excludes halogenated alkanes) is 1. The SMILES string of the molecule is CCCCc1cn2cccc(Br)c2n1. The van der Waals surface area contributed by atoms with E-state index in [1.54, 1.807) is 0 Å². The average Bonchev–Trinajstić information content (AvgIpc) is 2.59. The smallest absolute Gasteiger partial charge is 0.151 e. The van der Waals surface area contributed by atoms with E-state index in [0.717, 1.165) is 16.5 Å². The van der Waals surface area contributed by atoms with Crippen LogP contribution in [0.1, 0.15) is 25.5 Å². The molecule has 0 saturated carbocycles. The van der Waals surface area contributed by atoms with E-state index in [1.807, 2.05) is 18.3 Å². The second-order valence-electron chi connectivity index (χ2n) is 3.42. The van der Waals surface area contributed by atoms with E-state index in [1.165, 1.54) is 18.5 Å². The Balaban J connectivity index is 2.36. The molecule has 74 valence electrons. The Morgan fingerprint density at radius 2 is 2.36 bits per heavy atom. The molecule has 14 heavy (non-hydrogen) atoms. The standard InChI is InChI=1S/C11H13BrN2/c1-2-3-5-9-8-14-7-4-6-10(12)11(14)13-9/h4,6-8H,2-3,5H2,1H3. The lowest BCUT2D eigenvalue weighted by Crippen LogP contribution is -1.82. The van der Waals surface area contributed by atoms with E-state index in [2.05, 4.69) is 38.4 Å². The lowest BCUT2D eigenvalue weighted by Gasteiger charge is -1.92. The number of aryl methyl sites for hydroxylation is 1. The van der Waals surface area contributed by atoms with Crippen LogP contribution in [0, 0.1) is 0 Å². The molecule has 0 aromatic carbocycles. The van der Waals surface area contributed by atoms with Crippen LogP contribution in [0.5, 0.6) is 0 Å². The summed E-state index contributed by atoms with van der Waals surface area (Å²) in [5.74, 6) is 0. The van der Waals surface area contributed by atoms with Gasteiger partial charge in [-0.15, -0.1) is 0 Å². The quantitative estimate of drug-likeness (QED) is 0.819. The molecule has 2 aromatic heterocycles. The summed E-state index contributed by atoms with van der Waals surface area (Å²) in [4.78, 5) is 4.57. The highest BCUT2D eigenvalue weighted by Crippen LogP contribution is 2.17. The number of imidazole rings is 1. The monoisotopic (exact) mass is 252 g/mol. The summed E-state index contributed by atoms with van der Waals surface area (Å²) in [6, 6.07) is 4.04. The summed E-state index contributed by atoms with van der Waals surface area (Å²) in [6.45, 7) is 2.20. The van der Waals surface area contributed by atoms with Crippen LogP contribution in [-0.4, -0.2) is 9.38 Å². The summed E-state index contributed by atoms with van der Waals surface area (Å²) >= 11 is 3.50. The third-order valence-corrected chi connectivity index (χ3v) is 2.89. The first-order chi connectivity index (χ1) is 6.81. The van der Waals surface area contributed by atoms with Gasteiger partial charge in [-0.05, 0) is 40.9 Å². The molecule has 0 saturated heterocycles. The van der Waals surface area contributed by atoms with Crippen molar-refractivity contribution in [2.24, 2.45) is 0 Å². The molecule has 0 aliphatic carbocycles. The van der Waals surface area contributed by atoms with Crippen LogP contribution in [0.3, 0.4) is 0 Å². The largest absolute Gasteiger partial charge is 0.306 e. The summed E-state index contributed by atoms with van der Waals surface area (Å²) in [7, 11) is 0. The van der Waals surface area contributed by atoms with Crippen molar-refractivity contribution in [3.8, 4) is 0 Å². The molecule has 2 heterocycles. The van der Waals surface area contributed by atoms with E-state index >= 15 is 0 Å². The van der Waals surface area contributed by atoms with E-state index in [9.17, 15) is 0 Å². The zero-order valence-corrected chi connectivity index (χ0v) is 9.79. The summed E-state index contributed by atoms with van der Waals surface area (Å²) in [5.41, 5.74) is 2.19. The van der Waals surface area contributed by atoms with Crippen molar-refractivity contribution in [1.29, 1.82) is 0 Å². The van der Waals surface area contributed by atoms with Gasteiger partial charge < -0.3 is 4.40 Å². The van der Waals surface area contributed by atoms with E-state index in [0.29, 0.717) is 0 Å². The molecule has 2 aromatic rings. The van der Waals surface area contributed by atoms with Crippen molar-refractivity contribution < 1.29 is 0 Å². The fraction of sp³-hybridized carbons (Fsp3) is 0.364. The predicted octanol–water partition coefficient (Wildman–Crippen LogP) is 3.44. The first-order valence-corrected chi connectivity index (χ1v) is 5.72. The molecule has 0 bridgehead atoms. The molecular formula is C11H13BrN2. The number of aromatic nitrogens is 2. The highest BCUT2D eigenvalue weighted by molar-refractivity contribution is 9.10. The Hall–Kier alpha value is -0.830. The molecular weight excluding hydrogens is 240 g/mol. The molecule has 0 N–H and O–H groups in total. The van der Waals surface area contributed by atoms with Gasteiger partial charge in [0.25, 0.3) is 0 Å². The van der Waals surface area contributed by atoms with Crippen molar-refractivity contribution in [2.75, 3.05) is 0 Å². The lowest BCUT2D eigenvalue weighted by molar-refractivity contribution is 0.781. The molecule has 3 heteroatoms. The Bertz CT molecular complexity index is 434. The molecule has 0 aliphatic heterocycles. The van der Waals surface area contributed by atoms with Crippen molar-refractivity contribution in [1.82, 2.24) is 9.38 Å². The number of hydrogen-bond acceptors (Lipinski definition) is 1. The fourth-order valence-electron chi connectivity index (χ4n) is 1.51. The van der Waals surface area contributed by atoms with Gasteiger partial charge >= 0.3 is 0 Å². The number of hydrogen-bond donors (Lipinski definition) is 0. The zero-order chi connectivity index (χ0) is 9.97. The third kappa shape index (κ3) is 1.82. The van der Waals surface area contributed by atoms with Crippen molar-refractivity contribution in [3.05, 3.63) is 34.7 Å². The Labute approximate surface area is 92.1 Å². The first-order valence-electron chi connectivity index (χ1n) is 4.93. The van der Waals surface area contributed by atoms with Gasteiger partial charge in [0, 0.05) is 12.4 Å². The van der Waals surface area contributed by atoms with Gasteiger partial charge in [0.05, 0.1) is 10.2 Å². The van der Waals surface area contributed by atoms with Gasteiger partial charge in [0.2, 0.25) is 0 Å². The van der Waals surface area contributed by atoms with Crippen LogP contribution >= 0.6 is 15.9 Å².